The summed E-state index contributed by atoms with van der Waals surface area (Å²) >= 11 is 0. The standard InChI is InChI=1S/C13H24N2O2/c1-2-15(11-6-9-17-10-7-11)13(16)12-5-3-4-8-14-12/h11-12,14H,2-10H2,1H3. The Kier molecular flexibility index (Phi) is 4.80. The number of hydrogen-bond acceptors (Lipinski definition) is 3. The molecule has 1 amide bonds. The van der Waals surface area contributed by atoms with Crippen LogP contribution in [0.1, 0.15) is 39.0 Å². The molecule has 4 nitrogen and oxygen atoms in total. The molecule has 0 aromatic rings. The Bertz CT molecular complexity index is 246. The average molecular weight is 240 g/mol. The maximum Gasteiger partial charge on any atom is 0.239 e. The first-order valence-electron chi connectivity index (χ1n) is 6.94. The SMILES string of the molecule is CCN(C(=O)C1CCCCN1)C1CCOCC1. The van der Waals surface area contributed by atoms with Gasteiger partial charge in [0, 0.05) is 25.8 Å². The van der Waals surface area contributed by atoms with Crippen molar-refractivity contribution >= 4 is 5.91 Å². The Balaban J connectivity index is 1.93. The zero-order valence-electron chi connectivity index (χ0n) is 10.8. The topological polar surface area (TPSA) is 41.6 Å². The van der Waals surface area contributed by atoms with Crippen LogP contribution in [-0.4, -0.2) is 49.2 Å². The van der Waals surface area contributed by atoms with E-state index in [2.05, 4.69) is 17.1 Å². The lowest BCUT2D eigenvalue weighted by Crippen LogP contribution is -2.52. The molecule has 0 bridgehead atoms. The van der Waals surface area contributed by atoms with E-state index in [9.17, 15) is 4.79 Å². The van der Waals surface area contributed by atoms with Crippen LogP contribution in [0.5, 0.6) is 0 Å². The van der Waals surface area contributed by atoms with E-state index in [4.69, 9.17) is 4.74 Å². The van der Waals surface area contributed by atoms with Crippen LogP contribution in [0.3, 0.4) is 0 Å². The number of likely N-dealkylation sites (N-methyl/N-ethyl adjacent to an activating group) is 1. The van der Waals surface area contributed by atoms with Crippen LogP contribution < -0.4 is 5.32 Å². The molecule has 0 aromatic heterocycles. The molecule has 98 valence electrons. The molecule has 1 N–H and O–H groups in total. The molecule has 2 saturated heterocycles. The first-order valence-corrected chi connectivity index (χ1v) is 6.94. The summed E-state index contributed by atoms with van der Waals surface area (Å²) in [6.45, 7) is 5.48. The van der Waals surface area contributed by atoms with Gasteiger partial charge in [-0.2, -0.15) is 0 Å². The summed E-state index contributed by atoms with van der Waals surface area (Å²) in [7, 11) is 0. The van der Waals surface area contributed by atoms with Crippen molar-refractivity contribution in [2.45, 2.75) is 51.1 Å². The van der Waals surface area contributed by atoms with Crippen LogP contribution in [0.4, 0.5) is 0 Å². The van der Waals surface area contributed by atoms with Gasteiger partial charge in [-0.1, -0.05) is 6.42 Å². The number of piperidine rings is 1. The van der Waals surface area contributed by atoms with Crippen LogP contribution in [0.2, 0.25) is 0 Å². The van der Waals surface area contributed by atoms with Crippen molar-refractivity contribution in [1.29, 1.82) is 0 Å². The number of carbonyl (C=O) groups excluding carboxylic acids is 1. The minimum atomic E-state index is 0.0616. The molecule has 2 heterocycles. The molecule has 2 fully saturated rings. The third-order valence-corrected chi connectivity index (χ3v) is 3.86. The number of nitrogens with zero attached hydrogens (tertiary/aromatic N) is 1. The summed E-state index contributed by atoms with van der Waals surface area (Å²) in [6, 6.07) is 0.455. The van der Waals surface area contributed by atoms with Crippen molar-refractivity contribution in [3.05, 3.63) is 0 Å². The van der Waals surface area contributed by atoms with Gasteiger partial charge in [-0.3, -0.25) is 4.79 Å². The largest absolute Gasteiger partial charge is 0.381 e. The van der Waals surface area contributed by atoms with Crippen LogP contribution in [0.15, 0.2) is 0 Å². The molecule has 0 radical (unpaired) electrons. The van der Waals surface area contributed by atoms with E-state index >= 15 is 0 Å². The molecule has 0 aliphatic carbocycles. The maximum atomic E-state index is 12.5. The van der Waals surface area contributed by atoms with Crippen molar-refractivity contribution in [3.8, 4) is 0 Å². The molecular formula is C13H24N2O2. The summed E-state index contributed by atoms with van der Waals surface area (Å²) in [5.41, 5.74) is 0. The summed E-state index contributed by atoms with van der Waals surface area (Å²) in [4.78, 5) is 14.5. The number of carbonyl (C=O) groups is 1. The molecule has 17 heavy (non-hydrogen) atoms. The van der Waals surface area contributed by atoms with Crippen molar-refractivity contribution in [1.82, 2.24) is 10.2 Å². The van der Waals surface area contributed by atoms with E-state index in [-0.39, 0.29) is 6.04 Å². The van der Waals surface area contributed by atoms with E-state index in [0.29, 0.717) is 11.9 Å². The Hall–Kier alpha value is -0.610. The van der Waals surface area contributed by atoms with Crippen molar-refractivity contribution in [2.75, 3.05) is 26.3 Å². The highest BCUT2D eigenvalue weighted by atomic mass is 16.5. The Morgan fingerprint density at radius 3 is 2.65 bits per heavy atom. The zero-order valence-corrected chi connectivity index (χ0v) is 10.8. The van der Waals surface area contributed by atoms with Crippen LogP contribution in [0.25, 0.3) is 0 Å². The first kappa shape index (κ1) is 12.8. The number of amides is 1. The van der Waals surface area contributed by atoms with Gasteiger partial charge in [0.25, 0.3) is 0 Å². The maximum absolute atomic E-state index is 12.5. The smallest absolute Gasteiger partial charge is 0.239 e. The molecule has 1 unspecified atom stereocenters. The Labute approximate surface area is 104 Å². The fourth-order valence-corrected chi connectivity index (χ4v) is 2.85. The van der Waals surface area contributed by atoms with Crippen LogP contribution >= 0.6 is 0 Å². The minimum absolute atomic E-state index is 0.0616. The van der Waals surface area contributed by atoms with Crippen molar-refractivity contribution in [2.24, 2.45) is 0 Å². The van der Waals surface area contributed by atoms with Gasteiger partial charge in [0.05, 0.1) is 6.04 Å². The highest BCUT2D eigenvalue weighted by Gasteiger charge is 2.30. The van der Waals surface area contributed by atoms with E-state index in [0.717, 1.165) is 45.6 Å². The predicted octanol–water partition coefficient (Wildman–Crippen LogP) is 1.16. The lowest BCUT2D eigenvalue weighted by atomic mass is 10.0. The molecular weight excluding hydrogens is 216 g/mol. The lowest BCUT2D eigenvalue weighted by molar-refractivity contribution is -0.138. The van der Waals surface area contributed by atoms with Gasteiger partial charge in [0.1, 0.15) is 0 Å². The second-order valence-corrected chi connectivity index (χ2v) is 4.97. The van der Waals surface area contributed by atoms with Crippen LogP contribution in [-0.2, 0) is 9.53 Å². The van der Waals surface area contributed by atoms with Gasteiger partial charge in [-0.25, -0.2) is 0 Å². The Morgan fingerprint density at radius 2 is 2.06 bits per heavy atom. The highest BCUT2D eigenvalue weighted by molar-refractivity contribution is 5.82. The van der Waals surface area contributed by atoms with Gasteiger partial charge < -0.3 is 15.0 Å². The average Bonchev–Trinajstić information content (AvgIpc) is 2.42. The molecule has 0 spiro atoms. The second-order valence-electron chi connectivity index (χ2n) is 4.97. The molecule has 4 heteroatoms. The fourth-order valence-electron chi connectivity index (χ4n) is 2.85. The zero-order chi connectivity index (χ0) is 12.1. The molecule has 1 atom stereocenters. The number of ether oxygens (including phenoxy) is 1. The van der Waals surface area contributed by atoms with E-state index in [1.807, 2.05) is 0 Å². The lowest BCUT2D eigenvalue weighted by Gasteiger charge is -2.37. The summed E-state index contributed by atoms with van der Waals surface area (Å²) in [6.07, 6.45) is 5.36. The molecule has 2 aliphatic rings. The van der Waals surface area contributed by atoms with E-state index in [1.165, 1.54) is 12.8 Å². The monoisotopic (exact) mass is 240 g/mol. The summed E-state index contributed by atoms with van der Waals surface area (Å²) in [5.74, 6) is 0.305. The number of nitrogens with one attached hydrogen (secondary N) is 1. The quantitative estimate of drug-likeness (QED) is 0.805. The third-order valence-electron chi connectivity index (χ3n) is 3.86. The van der Waals surface area contributed by atoms with E-state index in [1.54, 1.807) is 0 Å². The van der Waals surface area contributed by atoms with Gasteiger partial charge in [-0.15, -0.1) is 0 Å². The first-order chi connectivity index (χ1) is 8.33. The fraction of sp³-hybridized carbons (Fsp3) is 0.923. The van der Waals surface area contributed by atoms with Crippen molar-refractivity contribution in [3.63, 3.8) is 0 Å². The van der Waals surface area contributed by atoms with E-state index < -0.39 is 0 Å². The predicted molar refractivity (Wildman–Crippen MR) is 66.9 cm³/mol. The second kappa shape index (κ2) is 6.36. The van der Waals surface area contributed by atoms with Crippen molar-refractivity contribution < 1.29 is 9.53 Å². The number of hydrogen-bond donors (Lipinski definition) is 1. The molecule has 0 saturated carbocycles. The van der Waals surface area contributed by atoms with Gasteiger partial charge >= 0.3 is 0 Å². The van der Waals surface area contributed by atoms with Gasteiger partial charge in [-0.05, 0) is 39.2 Å². The molecule has 2 rings (SSSR count). The Morgan fingerprint density at radius 1 is 1.29 bits per heavy atom. The number of rotatable bonds is 3. The summed E-state index contributed by atoms with van der Waals surface area (Å²) < 4.78 is 5.37. The van der Waals surface area contributed by atoms with Crippen LogP contribution in [0, 0.1) is 0 Å². The normalized spacial score (nSPS) is 26.8. The van der Waals surface area contributed by atoms with Gasteiger partial charge in [0.2, 0.25) is 5.91 Å². The minimum Gasteiger partial charge on any atom is -0.381 e. The highest BCUT2D eigenvalue weighted by Crippen LogP contribution is 2.17. The van der Waals surface area contributed by atoms with Gasteiger partial charge in [0.15, 0.2) is 0 Å². The summed E-state index contributed by atoms with van der Waals surface area (Å²) in [5, 5.41) is 3.35. The molecule has 0 aromatic carbocycles. The third kappa shape index (κ3) is 3.19. The molecule has 2 aliphatic heterocycles.